The number of hydrogen-bond donors (Lipinski definition) is 2. The van der Waals surface area contributed by atoms with Gasteiger partial charge in [0.15, 0.2) is 5.96 Å². The molecule has 0 saturated heterocycles. The number of rotatable bonds is 9. The maximum absolute atomic E-state index is 5.56. The molecule has 2 N–H and O–H groups in total. The average Bonchev–Trinajstić information content (AvgIpc) is 3.04. The van der Waals surface area contributed by atoms with Gasteiger partial charge in [-0.25, -0.2) is 4.98 Å². The number of guanidine groups is 1. The van der Waals surface area contributed by atoms with Crippen molar-refractivity contribution in [1.82, 2.24) is 15.6 Å². The molecule has 0 fully saturated rings. The van der Waals surface area contributed by atoms with Crippen molar-refractivity contribution in [2.24, 2.45) is 4.99 Å². The number of aromatic nitrogens is 1. The molecule has 136 valence electrons. The van der Waals surface area contributed by atoms with Crippen molar-refractivity contribution in [3.63, 3.8) is 0 Å². The molecule has 0 radical (unpaired) electrons. The first-order valence-electron chi connectivity index (χ1n) is 8.27. The van der Waals surface area contributed by atoms with Crippen LogP contribution < -0.4 is 15.4 Å². The fourth-order valence-corrected chi connectivity index (χ4v) is 2.94. The van der Waals surface area contributed by atoms with Gasteiger partial charge in [-0.15, -0.1) is 11.3 Å². The van der Waals surface area contributed by atoms with E-state index in [2.05, 4.69) is 27.5 Å². The van der Waals surface area contributed by atoms with Gasteiger partial charge >= 0.3 is 0 Å². The number of aryl methyl sites for hydroxylation is 1. The highest BCUT2D eigenvalue weighted by Crippen LogP contribution is 2.12. The second-order valence-corrected chi connectivity index (χ2v) is 6.77. The molecule has 1 heterocycles. The van der Waals surface area contributed by atoms with E-state index in [1.807, 2.05) is 30.5 Å². The molecule has 0 saturated carbocycles. The number of hydrogen-bond acceptors (Lipinski definition) is 5. The second kappa shape index (κ2) is 10.7. The molecule has 0 spiro atoms. The first-order chi connectivity index (χ1) is 12.2. The van der Waals surface area contributed by atoms with Crippen LogP contribution in [0.1, 0.15) is 15.4 Å². The van der Waals surface area contributed by atoms with Crippen LogP contribution in [0.25, 0.3) is 0 Å². The molecule has 2 aromatic rings. The van der Waals surface area contributed by atoms with Gasteiger partial charge in [0.1, 0.15) is 12.4 Å². The molecule has 2 rings (SSSR count). The van der Waals surface area contributed by atoms with Crippen LogP contribution in [0.5, 0.6) is 5.75 Å². The Hall–Kier alpha value is -2.12. The molecular weight excluding hydrogens is 336 g/mol. The Morgan fingerprint density at radius 3 is 2.64 bits per heavy atom. The fourth-order valence-electron chi connectivity index (χ4n) is 2.16. The zero-order chi connectivity index (χ0) is 17.9. The van der Waals surface area contributed by atoms with Crippen LogP contribution in [0.2, 0.25) is 0 Å². The maximum atomic E-state index is 5.56. The summed E-state index contributed by atoms with van der Waals surface area (Å²) in [5.74, 6) is 1.63. The van der Waals surface area contributed by atoms with Crippen LogP contribution in [0.3, 0.4) is 0 Å². The minimum Gasteiger partial charge on any atom is -0.491 e. The topological polar surface area (TPSA) is 67.8 Å². The molecule has 0 atom stereocenters. The van der Waals surface area contributed by atoms with Crippen LogP contribution in [0.15, 0.2) is 35.5 Å². The summed E-state index contributed by atoms with van der Waals surface area (Å²) in [5.41, 5.74) is 1.16. The van der Waals surface area contributed by atoms with Crippen molar-refractivity contribution in [3.05, 3.63) is 45.9 Å². The predicted octanol–water partition coefficient (Wildman–Crippen LogP) is 2.38. The van der Waals surface area contributed by atoms with Crippen molar-refractivity contribution in [1.29, 1.82) is 0 Å². The Kier molecular flexibility index (Phi) is 8.21. The summed E-state index contributed by atoms with van der Waals surface area (Å²) in [5, 5.41) is 7.76. The lowest BCUT2D eigenvalue weighted by molar-refractivity contribution is 0.146. The highest BCUT2D eigenvalue weighted by molar-refractivity contribution is 7.11. The molecule has 0 unspecified atom stereocenters. The monoisotopic (exact) mass is 362 g/mol. The molecule has 1 aromatic heterocycles. The Labute approximate surface area is 153 Å². The molecule has 25 heavy (non-hydrogen) atoms. The summed E-state index contributed by atoms with van der Waals surface area (Å²) in [7, 11) is 3.44. The molecular formula is C18H26N4O2S. The van der Waals surface area contributed by atoms with Gasteiger partial charge in [0.05, 0.1) is 11.6 Å². The summed E-state index contributed by atoms with van der Waals surface area (Å²) in [6.45, 7) is 4.73. The van der Waals surface area contributed by atoms with E-state index in [1.54, 1.807) is 25.5 Å². The van der Waals surface area contributed by atoms with Crippen molar-refractivity contribution < 1.29 is 9.47 Å². The fraction of sp³-hybridized carbons (Fsp3) is 0.444. The van der Waals surface area contributed by atoms with E-state index in [4.69, 9.17) is 9.47 Å². The largest absolute Gasteiger partial charge is 0.491 e. The standard InChI is InChI=1S/C18H26N4O2S/c1-14-12-21-17(25-14)8-9-20-18(19-2)22-13-15-4-6-16(7-5-15)24-11-10-23-3/h4-7,12H,8-11,13H2,1-3H3,(H2,19,20,22). The Morgan fingerprint density at radius 2 is 2.00 bits per heavy atom. The van der Waals surface area contributed by atoms with Crippen LogP contribution in [-0.2, 0) is 17.7 Å². The van der Waals surface area contributed by atoms with E-state index in [0.29, 0.717) is 19.8 Å². The van der Waals surface area contributed by atoms with Crippen molar-refractivity contribution in [2.45, 2.75) is 19.9 Å². The Bertz CT molecular complexity index is 655. The van der Waals surface area contributed by atoms with Gasteiger partial charge < -0.3 is 20.1 Å². The van der Waals surface area contributed by atoms with Gasteiger partial charge in [0.2, 0.25) is 0 Å². The number of aliphatic imine (C=N–C) groups is 1. The maximum Gasteiger partial charge on any atom is 0.191 e. The van der Waals surface area contributed by atoms with E-state index >= 15 is 0 Å². The number of ether oxygens (including phenoxy) is 2. The SMILES string of the molecule is CN=C(NCCc1ncc(C)s1)NCc1ccc(OCCOC)cc1. The van der Waals surface area contributed by atoms with E-state index in [-0.39, 0.29) is 0 Å². The summed E-state index contributed by atoms with van der Waals surface area (Å²) in [4.78, 5) is 9.85. The highest BCUT2D eigenvalue weighted by atomic mass is 32.1. The van der Waals surface area contributed by atoms with Crippen LogP contribution in [0.4, 0.5) is 0 Å². The smallest absolute Gasteiger partial charge is 0.191 e. The van der Waals surface area contributed by atoms with Gasteiger partial charge in [-0.1, -0.05) is 12.1 Å². The van der Waals surface area contributed by atoms with E-state index in [0.717, 1.165) is 35.2 Å². The van der Waals surface area contributed by atoms with E-state index < -0.39 is 0 Å². The van der Waals surface area contributed by atoms with E-state index in [1.165, 1.54) is 4.88 Å². The predicted molar refractivity (Wildman–Crippen MR) is 103 cm³/mol. The van der Waals surface area contributed by atoms with Crippen molar-refractivity contribution in [3.8, 4) is 5.75 Å². The zero-order valence-electron chi connectivity index (χ0n) is 15.0. The van der Waals surface area contributed by atoms with Crippen LogP contribution in [-0.4, -0.2) is 44.9 Å². The molecule has 0 aliphatic carbocycles. The number of nitrogens with one attached hydrogen (secondary N) is 2. The number of benzene rings is 1. The average molecular weight is 362 g/mol. The van der Waals surface area contributed by atoms with E-state index in [9.17, 15) is 0 Å². The third-order valence-electron chi connectivity index (χ3n) is 3.46. The minimum absolute atomic E-state index is 0.559. The van der Waals surface area contributed by atoms with Gasteiger partial charge in [0.25, 0.3) is 0 Å². The van der Waals surface area contributed by atoms with Gasteiger partial charge in [0, 0.05) is 44.7 Å². The van der Waals surface area contributed by atoms with Gasteiger partial charge in [-0.2, -0.15) is 0 Å². The summed E-state index contributed by atoms with van der Waals surface area (Å²) >= 11 is 1.73. The first kappa shape index (κ1) is 19.2. The third-order valence-corrected chi connectivity index (χ3v) is 4.44. The lowest BCUT2D eigenvalue weighted by Crippen LogP contribution is -2.37. The lowest BCUT2D eigenvalue weighted by Gasteiger charge is -2.12. The summed E-state index contributed by atoms with van der Waals surface area (Å²) in [6.07, 6.45) is 2.81. The summed E-state index contributed by atoms with van der Waals surface area (Å²) in [6, 6.07) is 8.02. The number of methoxy groups -OCH3 is 1. The molecule has 1 aromatic carbocycles. The minimum atomic E-state index is 0.559. The Balaban J connectivity index is 1.70. The van der Waals surface area contributed by atoms with Crippen LogP contribution >= 0.6 is 11.3 Å². The normalized spacial score (nSPS) is 11.4. The lowest BCUT2D eigenvalue weighted by atomic mass is 10.2. The van der Waals surface area contributed by atoms with Crippen LogP contribution in [0, 0.1) is 6.92 Å². The quantitative estimate of drug-likeness (QED) is 0.407. The Morgan fingerprint density at radius 1 is 1.20 bits per heavy atom. The molecule has 0 bridgehead atoms. The molecule has 7 heteroatoms. The van der Waals surface area contributed by atoms with Crippen molar-refractivity contribution >= 4 is 17.3 Å². The molecule has 0 aliphatic heterocycles. The van der Waals surface area contributed by atoms with Crippen molar-refractivity contribution in [2.75, 3.05) is 33.9 Å². The number of nitrogens with zero attached hydrogens (tertiary/aromatic N) is 2. The first-order valence-corrected chi connectivity index (χ1v) is 9.09. The second-order valence-electron chi connectivity index (χ2n) is 5.45. The summed E-state index contributed by atoms with van der Waals surface area (Å²) < 4.78 is 10.5. The van der Waals surface area contributed by atoms with Gasteiger partial charge in [-0.3, -0.25) is 4.99 Å². The molecule has 0 amide bonds. The highest BCUT2D eigenvalue weighted by Gasteiger charge is 2.02. The molecule has 0 aliphatic rings. The zero-order valence-corrected chi connectivity index (χ0v) is 15.9. The molecule has 6 nitrogen and oxygen atoms in total. The van der Waals surface area contributed by atoms with Gasteiger partial charge in [-0.05, 0) is 24.6 Å². The number of thiazole rings is 1. The third kappa shape index (κ3) is 7.11.